The highest BCUT2D eigenvalue weighted by atomic mass is 19.4. The summed E-state index contributed by atoms with van der Waals surface area (Å²) in [6.45, 7) is 4.69. The minimum atomic E-state index is -4.26. The monoisotopic (exact) mass is 487 g/mol. The van der Waals surface area contributed by atoms with Gasteiger partial charge in [-0.05, 0) is 63.3 Å². The lowest BCUT2D eigenvalue weighted by atomic mass is 9.71. The van der Waals surface area contributed by atoms with E-state index in [1.54, 1.807) is 0 Å². The molecule has 3 aliphatic heterocycles. The van der Waals surface area contributed by atoms with Gasteiger partial charge in [0.1, 0.15) is 6.73 Å². The Hall–Kier alpha value is -0.940. The minimum Gasteiger partial charge on any atom is -0.339 e. The van der Waals surface area contributed by atoms with Gasteiger partial charge in [-0.1, -0.05) is 19.8 Å². The summed E-state index contributed by atoms with van der Waals surface area (Å²) < 4.78 is 42.4. The van der Waals surface area contributed by atoms with Crippen molar-refractivity contribution in [1.82, 2.24) is 25.7 Å². The molecule has 194 valence electrons. The number of fused-ring (bicyclic) bond motifs is 1. The Morgan fingerprint density at radius 1 is 1.15 bits per heavy atom. The predicted molar refractivity (Wildman–Crippen MR) is 121 cm³/mol. The molecule has 3 heterocycles. The Labute approximate surface area is 200 Å². The molecule has 2 saturated carbocycles. The maximum Gasteiger partial charge on any atom is 0.392 e. The largest absolute Gasteiger partial charge is 0.392 e. The average molecular weight is 488 g/mol. The van der Waals surface area contributed by atoms with E-state index in [9.17, 15) is 18.0 Å². The number of nitrogens with one attached hydrogen (secondary N) is 2. The summed E-state index contributed by atoms with van der Waals surface area (Å²) in [5.74, 6) is -1.58. The molecule has 10 heteroatoms. The number of amides is 1. The summed E-state index contributed by atoms with van der Waals surface area (Å²) >= 11 is 0. The number of halogens is 3. The van der Waals surface area contributed by atoms with Gasteiger partial charge < -0.3 is 4.90 Å². The van der Waals surface area contributed by atoms with Gasteiger partial charge >= 0.3 is 6.18 Å². The van der Waals surface area contributed by atoms with Gasteiger partial charge in [0.15, 0.2) is 0 Å². The van der Waals surface area contributed by atoms with Crippen LogP contribution in [0.4, 0.5) is 13.2 Å². The summed E-state index contributed by atoms with van der Waals surface area (Å²) in [5, 5.41) is 1.97. The molecule has 34 heavy (non-hydrogen) atoms. The van der Waals surface area contributed by atoms with Crippen LogP contribution in [0.25, 0.3) is 0 Å². The van der Waals surface area contributed by atoms with Crippen LogP contribution in [-0.4, -0.2) is 78.6 Å². The zero-order valence-electron chi connectivity index (χ0n) is 20.4. The molecule has 7 unspecified atom stereocenters. The third-order valence-electron chi connectivity index (χ3n) is 9.39. The highest BCUT2D eigenvalue weighted by Crippen LogP contribution is 2.50. The van der Waals surface area contributed by atoms with Crippen LogP contribution in [0, 0.1) is 29.6 Å². The number of carbonyl (C=O) groups is 1. The number of hydrogen-bond acceptors (Lipinski definition) is 6. The molecule has 0 aromatic rings. The molecule has 8 atom stereocenters. The molecular formula is C24H40F3N5O2. The third kappa shape index (κ3) is 4.85. The molecule has 1 amide bonds. The van der Waals surface area contributed by atoms with Gasteiger partial charge in [-0.3, -0.25) is 20.0 Å². The van der Waals surface area contributed by atoms with Crippen LogP contribution < -0.4 is 10.9 Å². The van der Waals surface area contributed by atoms with Crippen LogP contribution in [0.15, 0.2) is 0 Å². The van der Waals surface area contributed by atoms with Crippen LogP contribution in [0.1, 0.15) is 58.3 Å². The SMILES string of the molecule is C[C@H](CC1NOCN1C)C1CCCC(N2CC3C(CC(N4CCCN4)CC3C(F)(F)F)C2=O)C1. The first-order chi connectivity index (χ1) is 16.2. The van der Waals surface area contributed by atoms with E-state index in [4.69, 9.17) is 4.84 Å². The van der Waals surface area contributed by atoms with E-state index in [0.29, 0.717) is 25.0 Å². The number of likely N-dealkylation sites (tertiary alicyclic amines) is 1. The average Bonchev–Trinajstić information content (AvgIpc) is 3.54. The van der Waals surface area contributed by atoms with Crippen molar-refractivity contribution in [3.63, 3.8) is 0 Å². The summed E-state index contributed by atoms with van der Waals surface area (Å²) in [5.41, 5.74) is 6.32. The number of hydroxylamine groups is 1. The molecule has 3 saturated heterocycles. The first-order valence-electron chi connectivity index (χ1n) is 13.2. The number of alkyl halides is 3. The van der Waals surface area contributed by atoms with E-state index < -0.39 is 23.9 Å². The van der Waals surface area contributed by atoms with Crippen LogP contribution in [0.3, 0.4) is 0 Å². The zero-order chi connectivity index (χ0) is 24.0. The predicted octanol–water partition coefficient (Wildman–Crippen LogP) is 2.95. The van der Waals surface area contributed by atoms with Crippen LogP contribution in [-0.2, 0) is 9.63 Å². The number of rotatable bonds is 5. The van der Waals surface area contributed by atoms with Crippen LogP contribution in [0.5, 0.6) is 0 Å². The number of carbonyl (C=O) groups excluding carboxylic acids is 1. The van der Waals surface area contributed by atoms with E-state index in [2.05, 4.69) is 22.7 Å². The lowest BCUT2D eigenvalue weighted by Gasteiger charge is -2.41. The van der Waals surface area contributed by atoms with Crippen molar-refractivity contribution < 1.29 is 22.8 Å². The number of hydrogen-bond donors (Lipinski definition) is 2. The summed E-state index contributed by atoms with van der Waals surface area (Å²) in [6, 6.07) is -0.140. The van der Waals surface area contributed by atoms with E-state index in [1.165, 1.54) is 0 Å². The molecule has 5 rings (SSSR count). The fraction of sp³-hybridized carbons (Fsp3) is 0.958. The van der Waals surface area contributed by atoms with Crippen LogP contribution in [0.2, 0.25) is 0 Å². The molecule has 0 aromatic heterocycles. The van der Waals surface area contributed by atoms with E-state index in [1.807, 2.05) is 17.0 Å². The van der Waals surface area contributed by atoms with Crippen molar-refractivity contribution in [2.75, 3.05) is 33.4 Å². The summed E-state index contributed by atoms with van der Waals surface area (Å²) in [6.07, 6.45) is 2.46. The first kappa shape index (κ1) is 24.7. The molecule has 5 aliphatic rings. The zero-order valence-corrected chi connectivity index (χ0v) is 20.4. The van der Waals surface area contributed by atoms with E-state index >= 15 is 0 Å². The summed E-state index contributed by atoms with van der Waals surface area (Å²) in [4.78, 5) is 22.9. The van der Waals surface area contributed by atoms with Crippen LogP contribution >= 0.6 is 0 Å². The van der Waals surface area contributed by atoms with Crippen molar-refractivity contribution in [2.24, 2.45) is 29.6 Å². The van der Waals surface area contributed by atoms with Gasteiger partial charge in [-0.25, -0.2) is 5.01 Å². The smallest absolute Gasteiger partial charge is 0.339 e. The second-order valence-electron chi connectivity index (χ2n) is 11.4. The van der Waals surface area contributed by atoms with Gasteiger partial charge in [0.2, 0.25) is 5.91 Å². The Morgan fingerprint density at radius 3 is 2.65 bits per heavy atom. The molecule has 2 aliphatic carbocycles. The van der Waals surface area contributed by atoms with Gasteiger partial charge in [0.25, 0.3) is 0 Å². The van der Waals surface area contributed by atoms with Gasteiger partial charge in [-0.2, -0.15) is 18.7 Å². The highest BCUT2D eigenvalue weighted by Gasteiger charge is 2.58. The molecule has 5 fully saturated rings. The maximum absolute atomic E-state index is 14.1. The molecular weight excluding hydrogens is 447 g/mol. The minimum absolute atomic E-state index is 0.0213. The van der Waals surface area contributed by atoms with Gasteiger partial charge in [-0.15, -0.1) is 0 Å². The van der Waals surface area contributed by atoms with Crippen molar-refractivity contribution >= 4 is 5.91 Å². The Balaban J connectivity index is 1.26. The maximum atomic E-state index is 14.1. The lowest BCUT2D eigenvalue weighted by molar-refractivity contribution is -0.205. The highest BCUT2D eigenvalue weighted by molar-refractivity contribution is 5.82. The molecule has 0 bridgehead atoms. The fourth-order valence-electron chi connectivity index (χ4n) is 7.39. The van der Waals surface area contributed by atoms with Gasteiger partial charge in [0.05, 0.1) is 12.1 Å². The second-order valence-corrected chi connectivity index (χ2v) is 11.4. The molecule has 7 nitrogen and oxygen atoms in total. The molecule has 0 aromatic carbocycles. The lowest BCUT2D eigenvalue weighted by Crippen LogP contribution is -2.51. The quantitative estimate of drug-likeness (QED) is 0.622. The van der Waals surface area contributed by atoms with Crippen molar-refractivity contribution in [2.45, 2.75) is 82.7 Å². The van der Waals surface area contributed by atoms with E-state index in [0.717, 1.165) is 51.6 Å². The topological polar surface area (TPSA) is 60.1 Å². The van der Waals surface area contributed by atoms with Crippen molar-refractivity contribution in [1.29, 1.82) is 0 Å². The van der Waals surface area contributed by atoms with Crippen molar-refractivity contribution in [3.05, 3.63) is 0 Å². The third-order valence-corrected chi connectivity index (χ3v) is 9.39. The van der Waals surface area contributed by atoms with E-state index in [-0.39, 0.29) is 37.1 Å². The van der Waals surface area contributed by atoms with Crippen molar-refractivity contribution in [3.8, 4) is 0 Å². The van der Waals surface area contributed by atoms with Gasteiger partial charge in [0, 0.05) is 37.6 Å². The standard InChI is InChI=1S/C24H40F3N5O2/c1-15(9-22-29-34-14-30(22)2)16-5-3-6-17(10-16)31-13-20-19(23(31)33)11-18(32-8-4-7-28-32)12-21(20)24(25,26)27/h15-22,28-29H,3-14H2,1-2H3/t15-,16?,17?,18?,19?,20?,21?,22?/m1/s1. The fourth-order valence-corrected chi connectivity index (χ4v) is 7.39. The molecule has 2 N–H and O–H groups in total. The Bertz CT molecular complexity index is 734. The number of nitrogens with zero attached hydrogens (tertiary/aromatic N) is 3. The normalized spacial score (nSPS) is 41.3. The Morgan fingerprint density at radius 2 is 1.97 bits per heavy atom. The second kappa shape index (κ2) is 9.84. The number of hydrazine groups is 1. The molecule has 0 spiro atoms. The molecule has 0 radical (unpaired) electrons. The first-order valence-corrected chi connectivity index (χ1v) is 13.2. The summed E-state index contributed by atoms with van der Waals surface area (Å²) in [7, 11) is 2.04. The Kier molecular flexibility index (Phi) is 7.16.